The summed E-state index contributed by atoms with van der Waals surface area (Å²) in [6.07, 6.45) is 0. The van der Waals surface area contributed by atoms with Crippen molar-refractivity contribution in [2.45, 2.75) is 30.2 Å². The zero-order valence-corrected chi connectivity index (χ0v) is 21.4. The standard InChI is InChI=1S/C27H24ClNO6S/c1-17-4-5-18(2)26(12-17)34-16-21-8-11-25(35-21)27(30)29-20-13-22(33-3)15-24(14-20)36(31,32)23-9-6-19(28)7-10-23/h4-15H,16H2,1-3H3,(H,29,30). The minimum Gasteiger partial charge on any atom is -0.497 e. The third-order valence-electron chi connectivity index (χ3n) is 5.41. The first-order chi connectivity index (χ1) is 17.2. The van der Waals surface area contributed by atoms with Crippen LogP contribution in [-0.4, -0.2) is 21.4 Å². The number of furan rings is 1. The van der Waals surface area contributed by atoms with E-state index in [-0.39, 0.29) is 33.6 Å². The monoisotopic (exact) mass is 525 g/mol. The molecular formula is C27H24ClNO6S. The first kappa shape index (κ1) is 25.3. The van der Waals surface area contributed by atoms with Crippen LogP contribution in [0.3, 0.4) is 0 Å². The summed E-state index contributed by atoms with van der Waals surface area (Å²) in [6, 6.07) is 19.2. The Kier molecular flexibility index (Phi) is 7.37. The minimum atomic E-state index is -3.88. The van der Waals surface area contributed by atoms with E-state index >= 15 is 0 Å². The van der Waals surface area contributed by atoms with E-state index in [4.69, 9.17) is 25.5 Å². The van der Waals surface area contributed by atoms with Gasteiger partial charge in [-0.2, -0.15) is 0 Å². The van der Waals surface area contributed by atoms with Gasteiger partial charge in [-0.3, -0.25) is 4.79 Å². The topological polar surface area (TPSA) is 94.8 Å². The lowest BCUT2D eigenvalue weighted by atomic mass is 10.1. The summed E-state index contributed by atoms with van der Waals surface area (Å²) in [6.45, 7) is 4.08. The highest BCUT2D eigenvalue weighted by Crippen LogP contribution is 2.29. The number of carbonyl (C=O) groups excluding carboxylic acids is 1. The second-order valence-corrected chi connectivity index (χ2v) is 10.5. The average molecular weight is 526 g/mol. The highest BCUT2D eigenvalue weighted by molar-refractivity contribution is 7.91. The maximum absolute atomic E-state index is 13.1. The number of anilines is 1. The van der Waals surface area contributed by atoms with Crippen LogP contribution in [0.25, 0.3) is 0 Å². The molecule has 0 radical (unpaired) electrons. The molecule has 9 heteroatoms. The van der Waals surface area contributed by atoms with Crippen molar-refractivity contribution in [1.82, 2.24) is 0 Å². The largest absolute Gasteiger partial charge is 0.497 e. The van der Waals surface area contributed by atoms with Gasteiger partial charge in [0.1, 0.15) is 23.9 Å². The molecule has 36 heavy (non-hydrogen) atoms. The molecule has 4 rings (SSSR count). The quantitative estimate of drug-likeness (QED) is 0.293. The summed E-state index contributed by atoms with van der Waals surface area (Å²) in [4.78, 5) is 12.8. The van der Waals surface area contributed by atoms with Crippen LogP contribution in [0.1, 0.15) is 27.4 Å². The molecule has 1 N–H and O–H groups in total. The van der Waals surface area contributed by atoms with Gasteiger partial charge in [-0.25, -0.2) is 8.42 Å². The summed E-state index contributed by atoms with van der Waals surface area (Å²) >= 11 is 5.88. The minimum absolute atomic E-state index is 0.0402. The van der Waals surface area contributed by atoms with Gasteiger partial charge in [0.2, 0.25) is 9.84 Å². The number of benzene rings is 3. The SMILES string of the molecule is COc1cc(NC(=O)c2ccc(COc3cc(C)ccc3C)o2)cc(S(=O)(=O)c2ccc(Cl)cc2)c1. The lowest BCUT2D eigenvalue weighted by molar-refractivity contribution is 0.0992. The summed E-state index contributed by atoms with van der Waals surface area (Å²) in [7, 11) is -2.47. The third-order valence-corrected chi connectivity index (χ3v) is 7.41. The lowest BCUT2D eigenvalue weighted by Crippen LogP contribution is -2.12. The van der Waals surface area contributed by atoms with Gasteiger partial charge in [-0.1, -0.05) is 23.7 Å². The summed E-state index contributed by atoms with van der Waals surface area (Å²) in [5.41, 5.74) is 2.30. The van der Waals surface area contributed by atoms with Crippen LogP contribution in [-0.2, 0) is 16.4 Å². The molecule has 0 unspecified atom stereocenters. The van der Waals surface area contributed by atoms with Gasteiger partial charge >= 0.3 is 0 Å². The molecule has 0 saturated heterocycles. The van der Waals surface area contributed by atoms with Crippen LogP contribution in [0.5, 0.6) is 11.5 Å². The van der Waals surface area contributed by atoms with Crippen molar-refractivity contribution in [3.63, 3.8) is 0 Å². The molecular weight excluding hydrogens is 502 g/mol. The Balaban J connectivity index is 1.51. The Morgan fingerprint density at radius 2 is 1.69 bits per heavy atom. The van der Waals surface area contributed by atoms with E-state index in [1.165, 1.54) is 55.6 Å². The van der Waals surface area contributed by atoms with Crippen LogP contribution < -0.4 is 14.8 Å². The lowest BCUT2D eigenvalue weighted by Gasteiger charge is -2.11. The number of methoxy groups -OCH3 is 1. The van der Waals surface area contributed by atoms with Crippen molar-refractivity contribution < 1.29 is 27.1 Å². The summed E-state index contributed by atoms with van der Waals surface area (Å²) < 4.78 is 43.0. The molecule has 186 valence electrons. The number of rotatable bonds is 8. The van der Waals surface area contributed by atoms with E-state index in [9.17, 15) is 13.2 Å². The molecule has 0 aliphatic rings. The van der Waals surface area contributed by atoms with E-state index in [1.54, 1.807) is 6.07 Å². The van der Waals surface area contributed by atoms with Crippen LogP contribution >= 0.6 is 11.6 Å². The van der Waals surface area contributed by atoms with Gasteiger partial charge in [0.25, 0.3) is 5.91 Å². The van der Waals surface area contributed by atoms with Gasteiger partial charge in [0, 0.05) is 16.8 Å². The predicted molar refractivity (Wildman–Crippen MR) is 137 cm³/mol. The summed E-state index contributed by atoms with van der Waals surface area (Å²) in [5.74, 6) is 0.985. The third kappa shape index (κ3) is 5.72. The normalized spacial score (nSPS) is 11.2. The zero-order chi connectivity index (χ0) is 25.9. The number of nitrogens with one attached hydrogen (secondary N) is 1. The fraction of sp³-hybridized carbons (Fsp3) is 0.148. The van der Waals surface area contributed by atoms with Gasteiger partial charge in [-0.15, -0.1) is 0 Å². The first-order valence-corrected chi connectivity index (χ1v) is 12.8. The second-order valence-electron chi connectivity index (χ2n) is 8.13. The van der Waals surface area contributed by atoms with Crippen molar-refractivity contribution in [1.29, 1.82) is 0 Å². The Hall–Kier alpha value is -3.75. The molecule has 0 saturated carbocycles. The molecule has 0 aliphatic carbocycles. The van der Waals surface area contributed by atoms with E-state index in [0.29, 0.717) is 10.8 Å². The van der Waals surface area contributed by atoms with Crippen LogP contribution in [0.2, 0.25) is 5.02 Å². The highest BCUT2D eigenvalue weighted by atomic mass is 35.5. The molecule has 7 nitrogen and oxygen atoms in total. The number of carbonyl (C=O) groups is 1. The van der Waals surface area contributed by atoms with Gasteiger partial charge in [0.15, 0.2) is 5.76 Å². The van der Waals surface area contributed by atoms with Crippen molar-refractivity contribution in [3.05, 3.63) is 100 Å². The van der Waals surface area contributed by atoms with E-state index in [0.717, 1.165) is 16.9 Å². The first-order valence-electron chi connectivity index (χ1n) is 11.0. The van der Waals surface area contributed by atoms with Gasteiger partial charge < -0.3 is 19.2 Å². The summed E-state index contributed by atoms with van der Waals surface area (Å²) in [5, 5.41) is 3.09. The molecule has 1 amide bonds. The maximum Gasteiger partial charge on any atom is 0.291 e. The van der Waals surface area contributed by atoms with Crippen LogP contribution in [0, 0.1) is 13.8 Å². The van der Waals surface area contributed by atoms with Crippen molar-refractivity contribution in [3.8, 4) is 11.5 Å². The van der Waals surface area contributed by atoms with Crippen molar-refractivity contribution in [2.24, 2.45) is 0 Å². The Morgan fingerprint density at radius 1 is 0.944 bits per heavy atom. The number of amides is 1. The molecule has 1 heterocycles. The molecule has 3 aromatic carbocycles. The Morgan fingerprint density at radius 3 is 2.42 bits per heavy atom. The number of ether oxygens (including phenoxy) is 2. The zero-order valence-electron chi connectivity index (χ0n) is 19.9. The molecule has 0 aliphatic heterocycles. The Bertz CT molecular complexity index is 1510. The van der Waals surface area contributed by atoms with Crippen LogP contribution in [0.4, 0.5) is 5.69 Å². The molecule has 1 aromatic heterocycles. The molecule has 0 bridgehead atoms. The highest BCUT2D eigenvalue weighted by Gasteiger charge is 2.21. The van der Waals surface area contributed by atoms with E-state index in [2.05, 4.69) is 5.32 Å². The molecule has 0 atom stereocenters. The van der Waals surface area contributed by atoms with Gasteiger partial charge in [0.05, 0.1) is 16.9 Å². The predicted octanol–water partition coefficient (Wildman–Crippen LogP) is 6.22. The number of hydrogen-bond donors (Lipinski definition) is 1. The smallest absolute Gasteiger partial charge is 0.291 e. The molecule has 0 spiro atoms. The van der Waals surface area contributed by atoms with Gasteiger partial charge in [-0.05, 0) is 79.6 Å². The number of sulfone groups is 1. The average Bonchev–Trinajstić information content (AvgIpc) is 3.34. The van der Waals surface area contributed by atoms with E-state index < -0.39 is 15.7 Å². The van der Waals surface area contributed by atoms with Crippen LogP contribution in [0.15, 0.2) is 87.0 Å². The molecule has 4 aromatic rings. The Labute approximate surface area is 214 Å². The second kappa shape index (κ2) is 10.5. The number of aryl methyl sites for hydroxylation is 2. The fourth-order valence-corrected chi connectivity index (χ4v) is 4.89. The number of halogens is 1. The van der Waals surface area contributed by atoms with Crippen molar-refractivity contribution in [2.75, 3.05) is 12.4 Å². The number of hydrogen-bond acceptors (Lipinski definition) is 6. The van der Waals surface area contributed by atoms with E-state index in [1.807, 2.05) is 32.0 Å². The fourth-order valence-electron chi connectivity index (χ4n) is 3.45. The van der Waals surface area contributed by atoms with Crippen molar-refractivity contribution >= 4 is 33.0 Å². The molecule has 0 fully saturated rings. The maximum atomic E-state index is 13.1.